The van der Waals surface area contributed by atoms with Gasteiger partial charge in [-0.15, -0.1) is 0 Å². The first-order valence-electron chi connectivity index (χ1n) is 23.2. The molecule has 7 rings (SSSR count). The molecule has 63 heavy (non-hydrogen) atoms. The van der Waals surface area contributed by atoms with Crippen LogP contribution < -0.4 is 0 Å². The zero-order valence-corrected chi connectivity index (χ0v) is 42.4. The SMILES string of the molecule is CN1CCC(CC(=O)N2CCN(Cc3ccc(-c4ccc(Cl)c(Cl)c4)cn3)C[C@@H]2C(C)(C)C)CC1.CN1CCC(CC(=O)N2CCN(Cc3ccc(Br)cn3)C[C@@H]2C(C)(C)C)CC1. The number of likely N-dealkylation sites (tertiary alicyclic amines) is 2. The van der Waals surface area contributed by atoms with Gasteiger partial charge in [-0.3, -0.25) is 29.4 Å². The van der Waals surface area contributed by atoms with Crippen molar-refractivity contribution < 1.29 is 9.59 Å². The summed E-state index contributed by atoms with van der Waals surface area (Å²) < 4.78 is 1.01. The van der Waals surface area contributed by atoms with E-state index < -0.39 is 0 Å². The van der Waals surface area contributed by atoms with Crippen LogP contribution in [0.1, 0.15) is 91.5 Å². The molecule has 3 aromatic rings. The monoisotopic (exact) mass is 966 g/mol. The average Bonchev–Trinajstić information content (AvgIpc) is 3.24. The Morgan fingerprint density at radius 3 is 1.44 bits per heavy atom. The van der Waals surface area contributed by atoms with Crippen LogP contribution in [0.5, 0.6) is 0 Å². The van der Waals surface area contributed by atoms with Gasteiger partial charge in [0.15, 0.2) is 0 Å². The number of nitrogens with zero attached hydrogens (tertiary/aromatic N) is 8. The molecule has 0 unspecified atom stereocenters. The zero-order valence-electron chi connectivity index (χ0n) is 39.3. The van der Waals surface area contributed by atoms with Crippen LogP contribution in [0.25, 0.3) is 11.1 Å². The molecule has 4 aliphatic rings. The lowest BCUT2D eigenvalue weighted by atomic mass is 9.83. The number of piperazine rings is 2. The third-order valence-electron chi connectivity index (χ3n) is 13.8. The Hall–Kier alpha value is -2.64. The second-order valence-electron chi connectivity index (χ2n) is 20.9. The van der Waals surface area contributed by atoms with Gasteiger partial charge in [0, 0.05) is 99.7 Å². The van der Waals surface area contributed by atoms with Gasteiger partial charge in [0.1, 0.15) is 0 Å². The number of piperidine rings is 2. The van der Waals surface area contributed by atoms with Crippen LogP contribution in [-0.4, -0.2) is 143 Å². The second kappa shape index (κ2) is 22.2. The van der Waals surface area contributed by atoms with Crippen molar-refractivity contribution in [2.45, 2.75) is 105 Å². The minimum Gasteiger partial charge on any atom is -0.337 e. The first-order chi connectivity index (χ1) is 29.8. The summed E-state index contributed by atoms with van der Waals surface area (Å²) in [5.74, 6) is 1.77. The Labute approximate surface area is 397 Å². The Balaban J connectivity index is 0.000000215. The van der Waals surface area contributed by atoms with E-state index in [1.54, 1.807) is 0 Å². The van der Waals surface area contributed by atoms with Crippen molar-refractivity contribution in [2.24, 2.45) is 22.7 Å². The summed E-state index contributed by atoms with van der Waals surface area (Å²) >= 11 is 15.7. The van der Waals surface area contributed by atoms with Crippen LogP contribution in [0.3, 0.4) is 0 Å². The number of pyridine rings is 2. The van der Waals surface area contributed by atoms with E-state index in [0.717, 1.165) is 131 Å². The van der Waals surface area contributed by atoms with E-state index in [9.17, 15) is 9.59 Å². The van der Waals surface area contributed by atoms with Crippen molar-refractivity contribution in [3.05, 3.63) is 80.8 Å². The molecule has 4 aliphatic heterocycles. The molecule has 10 nitrogen and oxygen atoms in total. The molecule has 2 aromatic heterocycles. The fourth-order valence-electron chi connectivity index (χ4n) is 9.63. The molecule has 0 spiro atoms. The van der Waals surface area contributed by atoms with E-state index in [4.69, 9.17) is 28.2 Å². The normalized spacial score (nSPS) is 21.9. The summed E-state index contributed by atoms with van der Waals surface area (Å²) in [6.45, 7) is 24.8. The number of hydrogen-bond donors (Lipinski definition) is 0. The third kappa shape index (κ3) is 14.4. The van der Waals surface area contributed by atoms with Gasteiger partial charge in [-0.1, -0.05) is 76.9 Å². The lowest BCUT2D eigenvalue weighted by Crippen LogP contribution is -2.59. The molecule has 2 amide bonds. The molecular weight excluding hydrogens is 895 g/mol. The summed E-state index contributed by atoms with van der Waals surface area (Å²) in [5.41, 5.74) is 4.22. The summed E-state index contributed by atoms with van der Waals surface area (Å²) in [5, 5.41) is 1.10. The maximum absolute atomic E-state index is 13.4. The zero-order chi connectivity index (χ0) is 45.5. The topological polar surface area (TPSA) is 79.4 Å². The number of aromatic nitrogens is 2. The first-order valence-corrected chi connectivity index (χ1v) is 24.8. The van der Waals surface area contributed by atoms with Gasteiger partial charge >= 0.3 is 0 Å². The molecule has 1 aromatic carbocycles. The lowest BCUT2D eigenvalue weighted by Gasteiger charge is -2.47. The standard InChI is InChI=1S/C28H38Cl2N4O.C22H35BrN4O/c1-28(2,3)26-19-33(13-14-34(26)27(35)15-20-9-11-32(4)12-10-20)18-23-7-5-22(17-31-23)21-6-8-24(29)25(30)16-21;1-22(2,3)20-16-26(15-19-6-5-18(23)14-24-19)11-12-27(20)21(28)13-17-7-9-25(4)10-8-17/h5-8,16-17,20,26H,9-15,18-19H2,1-4H3;5-6,14,17,20H,7-13,15-16H2,1-4H3/t26-;20-/m11/s1. The number of halogens is 3. The quantitative estimate of drug-likeness (QED) is 0.210. The molecule has 4 fully saturated rings. The molecule has 346 valence electrons. The van der Waals surface area contributed by atoms with Crippen molar-refractivity contribution in [3.8, 4) is 11.1 Å². The fraction of sp³-hybridized carbons (Fsp3) is 0.640. The minimum atomic E-state index is 0.0201. The molecule has 6 heterocycles. The third-order valence-corrected chi connectivity index (χ3v) is 15.0. The number of rotatable bonds is 9. The van der Waals surface area contributed by atoms with Gasteiger partial charge in [0.2, 0.25) is 11.8 Å². The lowest BCUT2D eigenvalue weighted by molar-refractivity contribution is -0.141. The fourth-order valence-corrected chi connectivity index (χ4v) is 10.2. The molecule has 0 N–H and O–H groups in total. The van der Waals surface area contributed by atoms with Gasteiger partial charge in [0.25, 0.3) is 0 Å². The van der Waals surface area contributed by atoms with Crippen LogP contribution in [0.4, 0.5) is 0 Å². The number of amides is 2. The van der Waals surface area contributed by atoms with Crippen molar-refractivity contribution in [1.29, 1.82) is 0 Å². The summed E-state index contributed by atoms with van der Waals surface area (Å²) in [6, 6.07) is 14.4. The highest BCUT2D eigenvalue weighted by Gasteiger charge is 2.40. The molecule has 0 bridgehead atoms. The highest BCUT2D eigenvalue weighted by Crippen LogP contribution is 2.33. The molecule has 2 atom stereocenters. The summed E-state index contributed by atoms with van der Waals surface area (Å²) in [6.07, 6.45) is 9.73. The maximum atomic E-state index is 13.4. The molecule has 13 heteroatoms. The van der Waals surface area contributed by atoms with E-state index in [1.807, 2.05) is 36.7 Å². The number of hydrogen-bond acceptors (Lipinski definition) is 8. The van der Waals surface area contributed by atoms with Crippen LogP contribution >= 0.6 is 39.1 Å². The summed E-state index contributed by atoms with van der Waals surface area (Å²) in [7, 11) is 4.34. The first kappa shape index (κ1) is 49.8. The second-order valence-corrected chi connectivity index (χ2v) is 22.7. The number of carbonyl (C=O) groups is 2. The Morgan fingerprint density at radius 1 is 0.603 bits per heavy atom. The molecule has 0 aliphatic carbocycles. The van der Waals surface area contributed by atoms with Gasteiger partial charge in [-0.25, -0.2) is 0 Å². The predicted molar refractivity (Wildman–Crippen MR) is 262 cm³/mol. The largest absolute Gasteiger partial charge is 0.337 e. The van der Waals surface area contributed by atoms with Crippen LogP contribution in [0.15, 0.2) is 59.3 Å². The number of carbonyl (C=O) groups excluding carboxylic acids is 2. The average molecular weight is 969 g/mol. The van der Waals surface area contributed by atoms with Gasteiger partial charge in [-0.2, -0.15) is 0 Å². The predicted octanol–water partition coefficient (Wildman–Crippen LogP) is 9.48. The molecule has 4 saturated heterocycles. The highest BCUT2D eigenvalue weighted by atomic mass is 79.9. The van der Waals surface area contributed by atoms with Crippen LogP contribution in [-0.2, 0) is 22.7 Å². The van der Waals surface area contributed by atoms with Crippen molar-refractivity contribution >= 4 is 50.9 Å². The maximum Gasteiger partial charge on any atom is 0.223 e. The van der Waals surface area contributed by atoms with E-state index in [1.165, 1.54) is 0 Å². The number of benzene rings is 1. The van der Waals surface area contributed by atoms with Crippen molar-refractivity contribution in [2.75, 3.05) is 79.5 Å². The Morgan fingerprint density at radius 2 is 1.05 bits per heavy atom. The smallest absolute Gasteiger partial charge is 0.223 e. The Kier molecular flexibility index (Phi) is 17.6. The van der Waals surface area contributed by atoms with E-state index in [-0.39, 0.29) is 22.9 Å². The van der Waals surface area contributed by atoms with E-state index >= 15 is 0 Å². The van der Waals surface area contributed by atoms with Gasteiger partial charge in [-0.05, 0) is 140 Å². The molecule has 0 saturated carbocycles. The van der Waals surface area contributed by atoms with E-state index in [2.05, 4.69) is 124 Å². The van der Waals surface area contributed by atoms with Crippen molar-refractivity contribution in [3.63, 3.8) is 0 Å². The molecule has 0 radical (unpaired) electrons. The Bertz CT molecular complexity index is 1940. The minimum absolute atomic E-state index is 0.0201. The molecular formula is C50H73BrCl2N8O2. The summed E-state index contributed by atoms with van der Waals surface area (Å²) in [4.78, 5) is 49.8. The van der Waals surface area contributed by atoms with Crippen molar-refractivity contribution in [1.82, 2.24) is 39.4 Å². The van der Waals surface area contributed by atoms with Crippen LogP contribution in [0.2, 0.25) is 10.0 Å². The van der Waals surface area contributed by atoms with Gasteiger partial charge in [0.05, 0.1) is 21.4 Å². The highest BCUT2D eigenvalue weighted by molar-refractivity contribution is 9.10. The van der Waals surface area contributed by atoms with Crippen LogP contribution in [0, 0.1) is 22.7 Å². The van der Waals surface area contributed by atoms with E-state index in [0.29, 0.717) is 46.5 Å². The van der Waals surface area contributed by atoms with Gasteiger partial charge < -0.3 is 19.6 Å².